The Morgan fingerprint density at radius 2 is 2.03 bits per heavy atom. The molecule has 0 atom stereocenters. The van der Waals surface area contributed by atoms with Crippen LogP contribution in [0.2, 0.25) is 0 Å². The van der Waals surface area contributed by atoms with Crippen molar-refractivity contribution in [2.24, 2.45) is 0 Å². The van der Waals surface area contributed by atoms with E-state index in [-0.39, 0.29) is 5.97 Å². The second kappa shape index (κ2) is 8.59. The number of carbonyl (C=O) groups is 1. The van der Waals surface area contributed by atoms with E-state index in [1.165, 1.54) is 12.7 Å². The quantitative estimate of drug-likeness (QED) is 0.342. The Kier molecular flexibility index (Phi) is 5.72. The topological polar surface area (TPSA) is 79.5 Å². The molecular weight excluding hydrogens is 380 g/mol. The van der Waals surface area contributed by atoms with Gasteiger partial charge in [0.15, 0.2) is 0 Å². The van der Waals surface area contributed by atoms with Crippen LogP contribution in [-0.2, 0) is 11.2 Å². The van der Waals surface area contributed by atoms with E-state index in [1.807, 2.05) is 24.3 Å². The highest BCUT2D eigenvalue weighted by Gasteiger charge is 2.27. The maximum absolute atomic E-state index is 11.8. The van der Waals surface area contributed by atoms with Crippen molar-refractivity contribution >= 4 is 17.5 Å². The average Bonchev–Trinajstić information content (AvgIpc) is 3.31. The van der Waals surface area contributed by atoms with Crippen LogP contribution in [0.3, 0.4) is 0 Å². The first-order chi connectivity index (χ1) is 14.6. The van der Waals surface area contributed by atoms with E-state index in [2.05, 4.69) is 40.6 Å². The van der Waals surface area contributed by atoms with Crippen molar-refractivity contribution in [1.82, 2.24) is 15.1 Å². The maximum Gasteiger partial charge on any atom is 0.337 e. The van der Waals surface area contributed by atoms with Crippen LogP contribution in [0.15, 0.2) is 42.5 Å². The van der Waals surface area contributed by atoms with Gasteiger partial charge in [0.1, 0.15) is 11.6 Å². The van der Waals surface area contributed by atoms with Gasteiger partial charge in [0, 0.05) is 35.3 Å². The molecule has 0 radical (unpaired) electrons. The molecule has 0 saturated carbocycles. The first kappa shape index (κ1) is 20.0. The van der Waals surface area contributed by atoms with Gasteiger partial charge in [-0.3, -0.25) is 5.10 Å². The molecule has 3 aromatic rings. The number of aromatic nitrogens is 2. The maximum atomic E-state index is 11.8. The molecule has 0 aliphatic heterocycles. The molecule has 1 heterocycles. The molecule has 1 aromatic heterocycles. The third-order valence-corrected chi connectivity index (χ3v) is 5.17. The molecular formula is C23H26N4O3. The standard InChI is InChI=1S/C23H26N4O3/c1-27(2)11-6-12-30-20-10-5-9-17-18(20)14-19-21(17)25-26-22(19)24-16-8-4-7-15(13-16)23(28)29-3/h4-5,7-10,13H,6,11-12,14H2,1-3H3,(H2,24,25,26). The van der Waals surface area contributed by atoms with E-state index in [0.717, 1.165) is 53.5 Å². The number of hydrogen-bond donors (Lipinski definition) is 2. The zero-order chi connectivity index (χ0) is 21.1. The Morgan fingerprint density at radius 1 is 1.20 bits per heavy atom. The summed E-state index contributed by atoms with van der Waals surface area (Å²) in [5.41, 5.74) is 5.59. The van der Waals surface area contributed by atoms with E-state index in [1.54, 1.807) is 12.1 Å². The summed E-state index contributed by atoms with van der Waals surface area (Å²) in [5.74, 6) is 1.38. The summed E-state index contributed by atoms with van der Waals surface area (Å²) in [4.78, 5) is 14.0. The zero-order valence-corrected chi connectivity index (χ0v) is 17.5. The van der Waals surface area contributed by atoms with Gasteiger partial charge in [0.25, 0.3) is 0 Å². The molecule has 7 heteroatoms. The van der Waals surface area contributed by atoms with E-state index in [0.29, 0.717) is 12.2 Å². The number of fused-ring (bicyclic) bond motifs is 3. The van der Waals surface area contributed by atoms with Gasteiger partial charge >= 0.3 is 5.97 Å². The molecule has 30 heavy (non-hydrogen) atoms. The van der Waals surface area contributed by atoms with E-state index in [4.69, 9.17) is 9.47 Å². The molecule has 0 amide bonds. The smallest absolute Gasteiger partial charge is 0.337 e. The van der Waals surface area contributed by atoms with Crippen LogP contribution < -0.4 is 10.1 Å². The largest absolute Gasteiger partial charge is 0.493 e. The minimum absolute atomic E-state index is 0.364. The fourth-order valence-electron chi connectivity index (χ4n) is 3.69. The number of hydrogen-bond acceptors (Lipinski definition) is 6. The SMILES string of the molecule is COC(=O)c1cccc(Nc2[nH]nc3c2Cc2c(OCCCN(C)C)cccc2-3)c1. The summed E-state index contributed by atoms with van der Waals surface area (Å²) in [6, 6.07) is 13.3. The van der Waals surface area contributed by atoms with Crippen molar-refractivity contribution in [3.05, 3.63) is 59.2 Å². The minimum atomic E-state index is -0.364. The summed E-state index contributed by atoms with van der Waals surface area (Å²) < 4.78 is 10.9. The molecule has 7 nitrogen and oxygen atoms in total. The van der Waals surface area contributed by atoms with Crippen LogP contribution in [0.25, 0.3) is 11.3 Å². The fraction of sp³-hybridized carbons (Fsp3) is 0.304. The Morgan fingerprint density at radius 3 is 2.83 bits per heavy atom. The van der Waals surface area contributed by atoms with Crippen molar-refractivity contribution in [2.75, 3.05) is 39.7 Å². The van der Waals surface area contributed by atoms with Gasteiger partial charge in [-0.05, 0) is 44.8 Å². The number of rotatable bonds is 8. The molecule has 2 aromatic carbocycles. The first-order valence-electron chi connectivity index (χ1n) is 9.99. The second-order valence-electron chi connectivity index (χ2n) is 7.59. The van der Waals surface area contributed by atoms with Crippen molar-refractivity contribution < 1.29 is 14.3 Å². The summed E-state index contributed by atoms with van der Waals surface area (Å²) >= 11 is 0. The normalized spacial score (nSPS) is 11.9. The Labute approximate surface area is 176 Å². The number of esters is 1. The Balaban J connectivity index is 1.52. The highest BCUT2D eigenvalue weighted by Crippen LogP contribution is 2.43. The lowest BCUT2D eigenvalue weighted by Crippen LogP contribution is -2.15. The number of aromatic amines is 1. The molecule has 1 aliphatic carbocycles. The molecule has 0 unspecified atom stereocenters. The Bertz CT molecular complexity index is 1060. The van der Waals surface area contributed by atoms with Gasteiger partial charge in [-0.25, -0.2) is 4.79 Å². The second-order valence-corrected chi connectivity index (χ2v) is 7.59. The van der Waals surface area contributed by atoms with Crippen LogP contribution in [0, 0.1) is 0 Å². The highest BCUT2D eigenvalue weighted by molar-refractivity contribution is 5.91. The fourth-order valence-corrected chi connectivity index (χ4v) is 3.69. The van der Waals surface area contributed by atoms with Crippen LogP contribution in [0.5, 0.6) is 5.75 Å². The van der Waals surface area contributed by atoms with Gasteiger partial charge in [0.05, 0.1) is 25.0 Å². The van der Waals surface area contributed by atoms with Crippen molar-refractivity contribution in [3.8, 4) is 17.0 Å². The molecule has 2 N–H and O–H groups in total. The number of methoxy groups -OCH3 is 1. The molecule has 156 valence electrons. The van der Waals surface area contributed by atoms with Crippen molar-refractivity contribution in [2.45, 2.75) is 12.8 Å². The molecule has 0 spiro atoms. The summed E-state index contributed by atoms with van der Waals surface area (Å²) in [7, 11) is 5.50. The first-order valence-corrected chi connectivity index (χ1v) is 9.99. The van der Waals surface area contributed by atoms with Gasteiger partial charge in [0.2, 0.25) is 0 Å². The van der Waals surface area contributed by atoms with Crippen LogP contribution in [0.1, 0.15) is 27.9 Å². The number of nitrogens with one attached hydrogen (secondary N) is 2. The predicted octanol–water partition coefficient (Wildman–Crippen LogP) is 3.84. The van der Waals surface area contributed by atoms with Crippen LogP contribution >= 0.6 is 0 Å². The van der Waals surface area contributed by atoms with Gasteiger partial charge in [-0.15, -0.1) is 0 Å². The molecule has 0 saturated heterocycles. The summed E-state index contributed by atoms with van der Waals surface area (Å²) in [6.45, 7) is 1.68. The molecule has 1 aliphatic rings. The van der Waals surface area contributed by atoms with E-state index in [9.17, 15) is 4.79 Å². The van der Waals surface area contributed by atoms with Gasteiger partial charge in [-0.2, -0.15) is 5.10 Å². The van der Waals surface area contributed by atoms with Crippen molar-refractivity contribution in [3.63, 3.8) is 0 Å². The van der Waals surface area contributed by atoms with Crippen LogP contribution in [-0.4, -0.2) is 55.4 Å². The lowest BCUT2D eigenvalue weighted by Gasteiger charge is -2.13. The number of benzene rings is 2. The lowest BCUT2D eigenvalue weighted by atomic mass is 10.1. The summed E-state index contributed by atoms with van der Waals surface area (Å²) in [5, 5.41) is 11.0. The number of H-pyrrole nitrogens is 1. The molecule has 0 bridgehead atoms. The number of carbonyl (C=O) groups excluding carboxylic acids is 1. The highest BCUT2D eigenvalue weighted by atomic mass is 16.5. The van der Waals surface area contributed by atoms with Gasteiger partial charge < -0.3 is 19.7 Å². The number of ether oxygens (including phenoxy) is 2. The van der Waals surface area contributed by atoms with Gasteiger partial charge in [-0.1, -0.05) is 18.2 Å². The average molecular weight is 406 g/mol. The Hall–Kier alpha value is -3.32. The lowest BCUT2D eigenvalue weighted by molar-refractivity contribution is 0.0601. The zero-order valence-electron chi connectivity index (χ0n) is 17.5. The monoisotopic (exact) mass is 406 g/mol. The third kappa shape index (κ3) is 4.02. The van der Waals surface area contributed by atoms with Crippen molar-refractivity contribution in [1.29, 1.82) is 0 Å². The predicted molar refractivity (Wildman–Crippen MR) is 117 cm³/mol. The third-order valence-electron chi connectivity index (χ3n) is 5.17. The van der Waals surface area contributed by atoms with E-state index < -0.39 is 0 Å². The molecule has 0 fully saturated rings. The molecule has 4 rings (SSSR count). The summed E-state index contributed by atoms with van der Waals surface area (Å²) in [6.07, 6.45) is 1.72. The number of nitrogens with zero attached hydrogens (tertiary/aromatic N) is 2. The number of anilines is 2. The van der Waals surface area contributed by atoms with Crippen LogP contribution in [0.4, 0.5) is 11.5 Å². The van der Waals surface area contributed by atoms with E-state index >= 15 is 0 Å². The minimum Gasteiger partial charge on any atom is -0.493 e.